The molecule has 0 aliphatic rings. The fourth-order valence-corrected chi connectivity index (χ4v) is 6.80. The van der Waals surface area contributed by atoms with Gasteiger partial charge in [0.2, 0.25) is 0 Å². The zero-order valence-corrected chi connectivity index (χ0v) is 36.6. The van der Waals surface area contributed by atoms with Gasteiger partial charge in [0.25, 0.3) is 0 Å². The SMILES string of the molecule is CC(C)(C)[S@@](=O)N=C(c1cccc(OC(F)(F)F)c1)c1cccc(OC(F)(F)F)c1.COC(=O)CC(N[S@](=O)C(C)(C)C)(c1cccc(OC(F)(F)F)c1)c1cccc(OC(F)(F)F)c1. The number of hydrogen-bond acceptors (Lipinski definition) is 8. The van der Waals surface area contributed by atoms with Gasteiger partial charge >= 0.3 is 31.4 Å². The lowest BCUT2D eigenvalue weighted by molar-refractivity contribution is -0.275. The highest BCUT2D eigenvalue weighted by atomic mass is 32.2. The molecule has 0 amide bonds. The first-order chi connectivity index (χ1) is 29.6. The van der Waals surface area contributed by atoms with Crippen molar-refractivity contribution >= 4 is 33.7 Å². The molecule has 0 aromatic heterocycles. The predicted octanol–water partition coefficient (Wildman–Crippen LogP) is 11.1. The molecule has 4 aromatic carbocycles. The first-order valence-corrected chi connectivity index (χ1v) is 20.6. The number of ether oxygens (including phenoxy) is 5. The molecule has 24 heteroatoms. The van der Waals surface area contributed by atoms with Gasteiger partial charge in [-0.05, 0) is 101 Å². The van der Waals surface area contributed by atoms with Gasteiger partial charge in [-0.25, -0.2) is 13.1 Å². The largest absolute Gasteiger partial charge is 0.573 e. The van der Waals surface area contributed by atoms with E-state index < -0.39 is 97.8 Å². The third-order valence-corrected chi connectivity index (χ3v) is 11.0. The maximum atomic E-state index is 13.1. The lowest BCUT2D eigenvalue weighted by Gasteiger charge is -2.37. The molecule has 65 heavy (non-hydrogen) atoms. The molecule has 0 bridgehead atoms. The van der Waals surface area contributed by atoms with E-state index >= 15 is 0 Å². The molecule has 0 saturated carbocycles. The van der Waals surface area contributed by atoms with Gasteiger partial charge in [-0.1, -0.05) is 48.5 Å². The Morgan fingerprint density at radius 1 is 0.538 bits per heavy atom. The Hall–Kier alpha value is -5.36. The van der Waals surface area contributed by atoms with Gasteiger partial charge in [0.05, 0.1) is 45.3 Å². The topological polar surface area (TPSA) is 122 Å². The molecule has 0 aliphatic carbocycles. The molecular weight excluding hydrogens is 941 g/mol. The molecule has 4 aromatic rings. The Labute approximate surface area is 369 Å². The summed E-state index contributed by atoms with van der Waals surface area (Å²) in [6.45, 7) is 9.63. The number of halogens is 12. The van der Waals surface area contributed by atoms with Gasteiger partial charge in [0, 0.05) is 11.1 Å². The van der Waals surface area contributed by atoms with Crippen LogP contribution in [0.4, 0.5) is 52.7 Å². The van der Waals surface area contributed by atoms with Gasteiger partial charge in [0.1, 0.15) is 34.0 Å². The minimum Gasteiger partial charge on any atom is -0.469 e. The Morgan fingerprint density at radius 3 is 1.18 bits per heavy atom. The standard InChI is InChI=1S/C22H23F6NO5S.C19H17F6NO3S/c1-19(2,3)35(31)29-20(13-18(30)32-4,14-7-5-9-16(11-14)33-21(23,24)25)15-8-6-10-17(12-15)34-22(26,27)28;1-17(2,3)30(27)26-16(12-6-4-8-14(10-12)28-18(20,21)22)13-7-5-9-15(11-13)29-19(23,24)25/h5-12,29H,13H2,1-4H3;4-11H,1-3H3/t35-;30-/m11/s1. The lowest BCUT2D eigenvalue weighted by Crippen LogP contribution is -2.50. The smallest absolute Gasteiger partial charge is 0.469 e. The number of benzene rings is 4. The monoisotopic (exact) mass is 980 g/mol. The summed E-state index contributed by atoms with van der Waals surface area (Å²) >= 11 is 0. The second-order valence-electron chi connectivity index (χ2n) is 15.2. The highest BCUT2D eigenvalue weighted by Crippen LogP contribution is 2.40. The normalized spacial score (nSPS) is 13.6. The number of carbonyl (C=O) groups is 1. The van der Waals surface area contributed by atoms with Crippen LogP contribution in [0.2, 0.25) is 0 Å². The van der Waals surface area contributed by atoms with E-state index in [1.54, 1.807) is 41.5 Å². The summed E-state index contributed by atoms with van der Waals surface area (Å²) in [6.07, 6.45) is -20.6. The number of esters is 1. The molecule has 2 atom stereocenters. The number of methoxy groups -OCH3 is 1. The van der Waals surface area contributed by atoms with Crippen molar-refractivity contribution in [2.45, 2.75) is 88.4 Å². The summed E-state index contributed by atoms with van der Waals surface area (Å²) in [6, 6.07) is 18.3. The van der Waals surface area contributed by atoms with Crippen LogP contribution < -0.4 is 23.7 Å². The average molecular weight is 981 g/mol. The second kappa shape index (κ2) is 20.9. The van der Waals surface area contributed by atoms with Gasteiger partial charge < -0.3 is 23.7 Å². The van der Waals surface area contributed by atoms with Gasteiger partial charge in [-0.2, -0.15) is 4.40 Å². The van der Waals surface area contributed by atoms with Crippen molar-refractivity contribution in [3.63, 3.8) is 0 Å². The summed E-state index contributed by atoms with van der Waals surface area (Å²) in [5.41, 5.74) is -1.94. The third-order valence-electron chi connectivity index (χ3n) is 7.96. The van der Waals surface area contributed by atoms with E-state index in [1.165, 1.54) is 48.5 Å². The molecule has 0 saturated heterocycles. The Morgan fingerprint density at radius 2 is 0.877 bits per heavy atom. The number of hydrogen-bond donors (Lipinski definition) is 1. The quantitative estimate of drug-likeness (QED) is 0.0799. The van der Waals surface area contributed by atoms with Crippen LogP contribution in [0, 0.1) is 0 Å². The summed E-state index contributed by atoms with van der Waals surface area (Å²) in [7, 11) is -2.76. The van der Waals surface area contributed by atoms with E-state index in [0.29, 0.717) is 0 Å². The molecule has 0 radical (unpaired) electrons. The Kier molecular flexibility index (Phi) is 17.3. The third kappa shape index (κ3) is 17.9. The number of rotatable bonds is 13. The molecule has 0 heterocycles. The minimum absolute atomic E-state index is 0.0496. The Balaban J connectivity index is 0.000000349. The average Bonchev–Trinajstić information content (AvgIpc) is 3.13. The van der Waals surface area contributed by atoms with Crippen LogP contribution in [0.15, 0.2) is 101 Å². The molecule has 1 N–H and O–H groups in total. The van der Waals surface area contributed by atoms with Crippen LogP contribution in [0.1, 0.15) is 70.2 Å². The summed E-state index contributed by atoms with van der Waals surface area (Å²) < 4.78 is 204. The molecule has 10 nitrogen and oxygen atoms in total. The van der Waals surface area contributed by atoms with Crippen LogP contribution in [0.5, 0.6) is 23.0 Å². The van der Waals surface area contributed by atoms with E-state index in [9.17, 15) is 65.9 Å². The van der Waals surface area contributed by atoms with Crippen molar-refractivity contribution in [1.29, 1.82) is 0 Å². The fraction of sp³-hybridized carbons (Fsp3) is 0.366. The first-order valence-electron chi connectivity index (χ1n) is 18.3. The molecule has 0 spiro atoms. The molecule has 358 valence electrons. The number of alkyl halides is 12. The summed E-state index contributed by atoms with van der Waals surface area (Å²) in [5.74, 6) is -3.31. The van der Waals surface area contributed by atoms with Crippen molar-refractivity contribution in [3.05, 3.63) is 119 Å². The van der Waals surface area contributed by atoms with Crippen molar-refractivity contribution < 1.29 is 89.6 Å². The van der Waals surface area contributed by atoms with E-state index in [-0.39, 0.29) is 28.0 Å². The number of nitrogens with zero attached hydrogens (tertiary/aromatic N) is 1. The van der Waals surface area contributed by atoms with Gasteiger partial charge in [-0.3, -0.25) is 4.79 Å². The predicted molar refractivity (Wildman–Crippen MR) is 214 cm³/mol. The van der Waals surface area contributed by atoms with Crippen molar-refractivity contribution in [3.8, 4) is 23.0 Å². The van der Waals surface area contributed by atoms with Gasteiger partial charge in [-0.15, -0.1) is 52.7 Å². The van der Waals surface area contributed by atoms with Gasteiger partial charge in [0.15, 0.2) is 0 Å². The lowest BCUT2D eigenvalue weighted by atomic mass is 9.80. The molecule has 0 fully saturated rings. The maximum absolute atomic E-state index is 13.1. The second-order valence-corrected chi connectivity index (χ2v) is 19.1. The van der Waals surface area contributed by atoms with E-state index in [2.05, 4.69) is 28.1 Å². The van der Waals surface area contributed by atoms with Crippen LogP contribution in [0.25, 0.3) is 0 Å². The number of nitrogens with one attached hydrogen (secondary N) is 1. The fourth-order valence-electron chi connectivity index (χ4n) is 5.22. The van der Waals surface area contributed by atoms with Crippen LogP contribution >= 0.6 is 0 Å². The number of carbonyl (C=O) groups excluding carboxylic acids is 1. The molecule has 0 unspecified atom stereocenters. The van der Waals surface area contributed by atoms with E-state index in [4.69, 9.17) is 4.74 Å². The molecular formula is C41H40F12N2O8S2. The van der Waals surface area contributed by atoms with E-state index in [0.717, 1.165) is 55.6 Å². The van der Waals surface area contributed by atoms with Crippen LogP contribution in [0.3, 0.4) is 0 Å². The summed E-state index contributed by atoms with van der Waals surface area (Å²) in [4.78, 5) is 12.4. The van der Waals surface area contributed by atoms with Crippen molar-refractivity contribution in [1.82, 2.24) is 4.72 Å². The Bertz CT molecular complexity index is 2220. The zero-order chi connectivity index (χ0) is 49.4. The highest BCUT2D eigenvalue weighted by molar-refractivity contribution is 7.85. The zero-order valence-electron chi connectivity index (χ0n) is 35.0. The molecule has 4 rings (SSSR count). The van der Waals surface area contributed by atoms with E-state index in [1.807, 2.05) is 0 Å². The van der Waals surface area contributed by atoms with Crippen molar-refractivity contribution in [2.24, 2.45) is 4.40 Å². The minimum atomic E-state index is -5.04. The maximum Gasteiger partial charge on any atom is 0.573 e. The highest BCUT2D eigenvalue weighted by Gasteiger charge is 2.43. The van der Waals surface area contributed by atoms with Crippen molar-refractivity contribution in [2.75, 3.05) is 7.11 Å². The summed E-state index contributed by atoms with van der Waals surface area (Å²) in [5, 5.41) is 0. The van der Waals surface area contributed by atoms with Crippen LogP contribution in [-0.2, 0) is 37.0 Å². The molecule has 0 aliphatic heterocycles. The first kappa shape index (κ1) is 54.0. The van der Waals surface area contributed by atoms with Crippen LogP contribution in [-0.4, -0.2) is 62.2 Å².